The van der Waals surface area contributed by atoms with Gasteiger partial charge in [0.15, 0.2) is 23.3 Å². The normalized spacial score (nSPS) is 15.6. The van der Waals surface area contributed by atoms with Gasteiger partial charge in [-0.25, -0.2) is 17.6 Å². The molecule has 3 nitrogen and oxygen atoms in total. The van der Waals surface area contributed by atoms with Crippen LogP contribution >= 0.6 is 12.4 Å². The fourth-order valence-electron chi connectivity index (χ4n) is 2.55. The number of amides is 1. The van der Waals surface area contributed by atoms with Crippen molar-refractivity contribution >= 4 is 18.3 Å². The number of benzene rings is 1. The highest BCUT2D eigenvalue weighted by Crippen LogP contribution is 2.24. The van der Waals surface area contributed by atoms with Crippen LogP contribution in [0, 0.1) is 29.2 Å². The largest absolute Gasteiger partial charge is 0.338 e. The minimum absolute atomic E-state index is 0. The third-order valence-corrected chi connectivity index (χ3v) is 3.72. The number of carbonyl (C=O) groups is 1. The summed E-state index contributed by atoms with van der Waals surface area (Å²) in [4.78, 5) is 13.3. The van der Waals surface area contributed by atoms with Crippen LogP contribution in [0.1, 0.15) is 23.2 Å². The summed E-state index contributed by atoms with van der Waals surface area (Å²) < 4.78 is 53.5. The van der Waals surface area contributed by atoms with Gasteiger partial charge in [-0.2, -0.15) is 0 Å². The zero-order valence-electron chi connectivity index (χ0n) is 12.0. The Morgan fingerprint density at radius 1 is 1.18 bits per heavy atom. The van der Waals surface area contributed by atoms with Crippen LogP contribution in [-0.2, 0) is 0 Å². The smallest absolute Gasteiger partial charge is 0.260 e. The van der Waals surface area contributed by atoms with Crippen molar-refractivity contribution in [3.05, 3.63) is 34.9 Å². The highest BCUT2D eigenvalue weighted by atomic mass is 35.5. The van der Waals surface area contributed by atoms with E-state index in [4.69, 9.17) is 0 Å². The molecule has 8 heteroatoms. The minimum Gasteiger partial charge on any atom is -0.338 e. The molecule has 1 aliphatic heterocycles. The Morgan fingerprint density at radius 3 is 2.14 bits per heavy atom. The number of hydrogen-bond acceptors (Lipinski definition) is 2. The fourth-order valence-corrected chi connectivity index (χ4v) is 2.55. The van der Waals surface area contributed by atoms with Crippen LogP contribution in [0.15, 0.2) is 6.07 Å². The van der Waals surface area contributed by atoms with Gasteiger partial charge in [-0.15, -0.1) is 12.4 Å². The van der Waals surface area contributed by atoms with Gasteiger partial charge in [0.2, 0.25) is 0 Å². The topological polar surface area (TPSA) is 32.3 Å². The lowest BCUT2D eigenvalue weighted by atomic mass is 9.96. The second-order valence-corrected chi connectivity index (χ2v) is 5.14. The molecule has 0 aliphatic carbocycles. The van der Waals surface area contributed by atoms with Gasteiger partial charge in [0.1, 0.15) is 5.56 Å². The molecular weight excluding hydrogens is 324 g/mol. The molecule has 1 saturated heterocycles. The standard InChI is InChI=1S/C14H16F4N2O.ClH/c1-19-7-8-2-4-20(5-3-8)14(21)11-12(17)9(15)6-10(16)13(11)18;/h6,8,19H,2-5,7H2,1H3;1H. The molecule has 0 unspecified atom stereocenters. The third kappa shape index (κ3) is 3.70. The number of piperidine rings is 1. The number of rotatable bonds is 3. The first-order valence-corrected chi connectivity index (χ1v) is 6.72. The van der Waals surface area contributed by atoms with Crippen LogP contribution < -0.4 is 5.32 Å². The Balaban J connectivity index is 0.00000242. The molecule has 0 aromatic heterocycles. The Morgan fingerprint density at radius 2 is 1.68 bits per heavy atom. The lowest BCUT2D eigenvalue weighted by Crippen LogP contribution is -2.41. The summed E-state index contributed by atoms with van der Waals surface area (Å²) >= 11 is 0. The third-order valence-electron chi connectivity index (χ3n) is 3.72. The Kier molecular flexibility index (Phi) is 6.62. The molecule has 1 fully saturated rings. The molecule has 1 N–H and O–H groups in total. The van der Waals surface area contributed by atoms with E-state index in [2.05, 4.69) is 5.32 Å². The van der Waals surface area contributed by atoms with Crippen LogP contribution in [0.3, 0.4) is 0 Å². The maximum atomic E-state index is 13.6. The van der Waals surface area contributed by atoms with Crippen LogP contribution in [0.2, 0.25) is 0 Å². The number of likely N-dealkylation sites (tertiary alicyclic amines) is 1. The SMILES string of the molecule is CNCC1CCN(C(=O)c2c(F)c(F)cc(F)c2F)CC1.Cl. The lowest BCUT2D eigenvalue weighted by Gasteiger charge is -2.32. The number of hydrogen-bond donors (Lipinski definition) is 1. The molecule has 1 heterocycles. The highest BCUT2D eigenvalue weighted by Gasteiger charge is 2.30. The summed E-state index contributed by atoms with van der Waals surface area (Å²) in [5, 5.41) is 3.02. The van der Waals surface area contributed by atoms with Crippen molar-refractivity contribution < 1.29 is 22.4 Å². The average molecular weight is 341 g/mol. The minimum atomic E-state index is -1.64. The summed E-state index contributed by atoms with van der Waals surface area (Å²) in [7, 11) is 1.82. The van der Waals surface area contributed by atoms with E-state index in [1.807, 2.05) is 7.05 Å². The van der Waals surface area contributed by atoms with E-state index in [0.717, 1.165) is 6.54 Å². The van der Waals surface area contributed by atoms with Gasteiger partial charge in [-0.1, -0.05) is 0 Å². The second-order valence-electron chi connectivity index (χ2n) is 5.14. The summed E-state index contributed by atoms with van der Waals surface area (Å²) in [5.41, 5.74) is -1.15. The summed E-state index contributed by atoms with van der Waals surface area (Å²) in [5.74, 6) is -7.05. The monoisotopic (exact) mass is 340 g/mol. The summed E-state index contributed by atoms with van der Waals surface area (Å²) in [6.45, 7) is 1.41. The highest BCUT2D eigenvalue weighted by molar-refractivity contribution is 5.95. The molecule has 124 valence electrons. The van der Waals surface area contributed by atoms with Crippen molar-refractivity contribution in [2.45, 2.75) is 12.8 Å². The molecule has 0 bridgehead atoms. The number of nitrogens with one attached hydrogen (secondary N) is 1. The first kappa shape index (κ1) is 18.7. The van der Waals surface area contributed by atoms with Gasteiger partial charge in [-0.05, 0) is 32.4 Å². The van der Waals surface area contributed by atoms with Crippen molar-refractivity contribution in [3.63, 3.8) is 0 Å². The lowest BCUT2D eigenvalue weighted by molar-refractivity contribution is 0.0678. The van der Waals surface area contributed by atoms with Gasteiger partial charge in [0.05, 0.1) is 0 Å². The molecular formula is C14H17ClF4N2O. The van der Waals surface area contributed by atoms with Gasteiger partial charge in [-0.3, -0.25) is 4.79 Å². The molecule has 1 amide bonds. The van der Waals surface area contributed by atoms with E-state index < -0.39 is 34.7 Å². The summed E-state index contributed by atoms with van der Waals surface area (Å²) in [6.07, 6.45) is 1.35. The number of carbonyl (C=O) groups excluding carboxylic acids is 1. The van der Waals surface area contributed by atoms with Gasteiger partial charge >= 0.3 is 0 Å². The predicted octanol–water partition coefficient (Wildman–Crippen LogP) is 2.74. The van der Waals surface area contributed by atoms with Crippen molar-refractivity contribution in [2.24, 2.45) is 5.92 Å². The molecule has 22 heavy (non-hydrogen) atoms. The number of halogens is 5. The average Bonchev–Trinajstić information content (AvgIpc) is 2.46. The Bertz CT molecular complexity index is 522. The fraction of sp³-hybridized carbons (Fsp3) is 0.500. The van der Waals surface area contributed by atoms with E-state index in [9.17, 15) is 22.4 Å². The van der Waals surface area contributed by atoms with Crippen LogP contribution in [0.25, 0.3) is 0 Å². The maximum absolute atomic E-state index is 13.6. The molecule has 1 aromatic rings. The Labute approximate surface area is 132 Å². The van der Waals surface area contributed by atoms with E-state index in [-0.39, 0.29) is 18.5 Å². The zero-order valence-corrected chi connectivity index (χ0v) is 12.8. The van der Waals surface area contributed by atoms with Crippen molar-refractivity contribution in [1.29, 1.82) is 0 Å². The van der Waals surface area contributed by atoms with E-state index in [0.29, 0.717) is 31.8 Å². The first-order valence-electron chi connectivity index (χ1n) is 6.72. The summed E-state index contributed by atoms with van der Waals surface area (Å²) in [6, 6.07) is 0.0978. The zero-order chi connectivity index (χ0) is 15.6. The van der Waals surface area contributed by atoms with E-state index in [1.165, 1.54) is 4.90 Å². The number of nitrogens with zero attached hydrogens (tertiary/aromatic N) is 1. The van der Waals surface area contributed by atoms with E-state index >= 15 is 0 Å². The predicted molar refractivity (Wildman–Crippen MR) is 76.1 cm³/mol. The van der Waals surface area contributed by atoms with Gasteiger partial charge < -0.3 is 10.2 Å². The second kappa shape index (κ2) is 7.78. The van der Waals surface area contributed by atoms with Crippen LogP contribution in [0.4, 0.5) is 17.6 Å². The molecule has 0 radical (unpaired) electrons. The van der Waals surface area contributed by atoms with Crippen molar-refractivity contribution in [3.8, 4) is 0 Å². The van der Waals surface area contributed by atoms with Crippen molar-refractivity contribution in [1.82, 2.24) is 10.2 Å². The van der Waals surface area contributed by atoms with Gasteiger partial charge in [0, 0.05) is 19.2 Å². The van der Waals surface area contributed by atoms with E-state index in [1.54, 1.807) is 0 Å². The quantitative estimate of drug-likeness (QED) is 0.678. The molecule has 2 rings (SSSR count). The molecule has 1 aliphatic rings. The van der Waals surface area contributed by atoms with Crippen molar-refractivity contribution in [2.75, 3.05) is 26.7 Å². The molecule has 1 aromatic carbocycles. The van der Waals surface area contributed by atoms with Crippen LogP contribution in [-0.4, -0.2) is 37.5 Å². The first-order chi connectivity index (χ1) is 9.95. The Hall–Kier alpha value is -1.34. The maximum Gasteiger partial charge on any atom is 0.260 e. The van der Waals surface area contributed by atoms with Crippen LogP contribution in [0.5, 0.6) is 0 Å². The van der Waals surface area contributed by atoms with Gasteiger partial charge in [0.25, 0.3) is 5.91 Å². The molecule has 0 atom stereocenters. The molecule has 0 spiro atoms. The molecule has 0 saturated carbocycles.